The first-order valence-electron chi connectivity index (χ1n) is 7.13. The molecule has 0 bridgehead atoms. The number of esters is 1. The van der Waals surface area contributed by atoms with Crippen molar-refractivity contribution in [3.8, 4) is 0 Å². The van der Waals surface area contributed by atoms with Crippen molar-refractivity contribution in [1.82, 2.24) is 5.32 Å². The molecule has 1 aromatic rings. The number of halogens is 1. The van der Waals surface area contributed by atoms with E-state index in [1.807, 2.05) is 6.07 Å². The van der Waals surface area contributed by atoms with Crippen LogP contribution < -0.4 is 5.32 Å². The molecule has 0 aliphatic rings. The van der Waals surface area contributed by atoms with Gasteiger partial charge in [-0.15, -0.1) is 0 Å². The summed E-state index contributed by atoms with van der Waals surface area (Å²) in [7, 11) is 0. The third-order valence-electron chi connectivity index (χ3n) is 2.96. The Labute approximate surface area is 134 Å². The molecule has 5 heteroatoms. The summed E-state index contributed by atoms with van der Waals surface area (Å²) in [6.45, 7) is 6.28. The standard InChI is InChI=1S/C16H22BrNO3/c1-11(2)6-5-9-21-16(20)12(3)18-15(19)13-7-4-8-14(17)10-13/h4,7-8,10-12H,5-6,9H2,1-3H3,(H,18,19). The molecule has 1 N–H and O–H groups in total. The van der Waals surface area contributed by atoms with Crippen LogP contribution in [0.15, 0.2) is 28.7 Å². The number of rotatable bonds is 7. The van der Waals surface area contributed by atoms with E-state index in [0.29, 0.717) is 18.1 Å². The van der Waals surface area contributed by atoms with E-state index in [2.05, 4.69) is 35.1 Å². The third-order valence-corrected chi connectivity index (χ3v) is 3.45. The molecular formula is C16H22BrNO3. The molecule has 0 aliphatic carbocycles. The van der Waals surface area contributed by atoms with Crippen LogP contribution in [0.1, 0.15) is 44.0 Å². The van der Waals surface area contributed by atoms with Gasteiger partial charge in [0.2, 0.25) is 0 Å². The molecule has 1 atom stereocenters. The van der Waals surface area contributed by atoms with Crippen LogP contribution in [0.5, 0.6) is 0 Å². The summed E-state index contributed by atoms with van der Waals surface area (Å²) in [5, 5.41) is 2.64. The van der Waals surface area contributed by atoms with Gasteiger partial charge in [0, 0.05) is 10.0 Å². The van der Waals surface area contributed by atoms with Gasteiger partial charge in [-0.3, -0.25) is 4.79 Å². The van der Waals surface area contributed by atoms with E-state index >= 15 is 0 Å². The monoisotopic (exact) mass is 355 g/mol. The summed E-state index contributed by atoms with van der Waals surface area (Å²) in [6, 6.07) is 6.35. The Bertz CT molecular complexity index is 488. The minimum atomic E-state index is -0.657. The number of carbonyl (C=O) groups excluding carboxylic acids is 2. The summed E-state index contributed by atoms with van der Waals surface area (Å²) in [5.41, 5.74) is 0.504. The maximum Gasteiger partial charge on any atom is 0.328 e. The van der Waals surface area contributed by atoms with E-state index < -0.39 is 12.0 Å². The lowest BCUT2D eigenvalue weighted by atomic mass is 10.1. The van der Waals surface area contributed by atoms with Gasteiger partial charge in [0.25, 0.3) is 5.91 Å². The lowest BCUT2D eigenvalue weighted by Gasteiger charge is -2.14. The Morgan fingerprint density at radius 2 is 2.00 bits per heavy atom. The Hall–Kier alpha value is -1.36. The predicted octanol–water partition coefficient (Wildman–Crippen LogP) is 3.55. The number of ether oxygens (including phenoxy) is 1. The van der Waals surface area contributed by atoms with Crippen LogP contribution >= 0.6 is 15.9 Å². The summed E-state index contributed by atoms with van der Waals surface area (Å²) in [5.74, 6) is -0.0950. The van der Waals surface area contributed by atoms with E-state index in [1.54, 1.807) is 25.1 Å². The Kier molecular flexibility index (Phi) is 7.43. The van der Waals surface area contributed by atoms with Gasteiger partial charge in [-0.05, 0) is 43.9 Å². The maximum atomic E-state index is 12.0. The molecule has 0 heterocycles. The van der Waals surface area contributed by atoms with E-state index in [1.165, 1.54) is 0 Å². The van der Waals surface area contributed by atoms with Crippen LogP contribution in [0.25, 0.3) is 0 Å². The van der Waals surface area contributed by atoms with Crippen LogP contribution in [0.3, 0.4) is 0 Å². The molecule has 0 saturated heterocycles. The number of hydrogen-bond donors (Lipinski definition) is 1. The second kappa shape index (κ2) is 8.82. The van der Waals surface area contributed by atoms with Gasteiger partial charge in [-0.25, -0.2) is 4.79 Å². The topological polar surface area (TPSA) is 55.4 Å². The fraction of sp³-hybridized carbons (Fsp3) is 0.500. The molecule has 0 fully saturated rings. The molecule has 21 heavy (non-hydrogen) atoms. The fourth-order valence-electron chi connectivity index (χ4n) is 1.76. The minimum absolute atomic E-state index is 0.289. The zero-order chi connectivity index (χ0) is 15.8. The molecule has 0 spiro atoms. The highest BCUT2D eigenvalue weighted by atomic mass is 79.9. The smallest absolute Gasteiger partial charge is 0.328 e. The molecule has 1 unspecified atom stereocenters. The van der Waals surface area contributed by atoms with Gasteiger partial charge < -0.3 is 10.1 Å². The van der Waals surface area contributed by atoms with Crippen LogP contribution in [-0.2, 0) is 9.53 Å². The quantitative estimate of drug-likeness (QED) is 0.601. The molecule has 116 valence electrons. The van der Waals surface area contributed by atoms with Crippen molar-refractivity contribution in [2.24, 2.45) is 5.92 Å². The first kappa shape index (κ1) is 17.7. The first-order valence-corrected chi connectivity index (χ1v) is 7.92. The van der Waals surface area contributed by atoms with Crippen LogP contribution in [0, 0.1) is 5.92 Å². The van der Waals surface area contributed by atoms with E-state index in [4.69, 9.17) is 4.74 Å². The first-order chi connectivity index (χ1) is 9.90. The average Bonchev–Trinajstić information content (AvgIpc) is 2.43. The normalized spacial score (nSPS) is 12.0. The number of nitrogens with one attached hydrogen (secondary N) is 1. The lowest BCUT2D eigenvalue weighted by molar-refractivity contribution is -0.145. The van der Waals surface area contributed by atoms with Crippen molar-refractivity contribution in [2.75, 3.05) is 6.61 Å². The highest BCUT2D eigenvalue weighted by Gasteiger charge is 2.17. The molecular weight excluding hydrogens is 334 g/mol. The molecule has 1 rings (SSSR count). The van der Waals surface area contributed by atoms with Crippen LogP contribution in [-0.4, -0.2) is 24.5 Å². The van der Waals surface area contributed by atoms with Crippen molar-refractivity contribution in [2.45, 2.75) is 39.7 Å². The van der Waals surface area contributed by atoms with Crippen molar-refractivity contribution in [3.05, 3.63) is 34.3 Å². The maximum absolute atomic E-state index is 12.0. The highest BCUT2D eigenvalue weighted by molar-refractivity contribution is 9.10. The molecule has 4 nitrogen and oxygen atoms in total. The molecule has 1 amide bonds. The van der Waals surface area contributed by atoms with Gasteiger partial charge in [0.1, 0.15) is 6.04 Å². The SMILES string of the molecule is CC(C)CCCOC(=O)C(C)NC(=O)c1cccc(Br)c1. The van der Waals surface area contributed by atoms with Crippen molar-refractivity contribution >= 4 is 27.8 Å². The van der Waals surface area contributed by atoms with Gasteiger partial charge in [-0.2, -0.15) is 0 Å². The van der Waals surface area contributed by atoms with Gasteiger partial charge in [0.15, 0.2) is 0 Å². The number of hydrogen-bond acceptors (Lipinski definition) is 3. The van der Waals surface area contributed by atoms with Crippen LogP contribution in [0.2, 0.25) is 0 Å². The Morgan fingerprint density at radius 3 is 2.62 bits per heavy atom. The van der Waals surface area contributed by atoms with Crippen molar-refractivity contribution < 1.29 is 14.3 Å². The summed E-state index contributed by atoms with van der Waals surface area (Å²) in [6.07, 6.45) is 1.86. The lowest BCUT2D eigenvalue weighted by Crippen LogP contribution is -2.39. The predicted molar refractivity (Wildman–Crippen MR) is 86.1 cm³/mol. The average molecular weight is 356 g/mol. The molecule has 0 aromatic heterocycles. The summed E-state index contributed by atoms with van der Waals surface area (Å²) >= 11 is 3.31. The van der Waals surface area contributed by atoms with Crippen molar-refractivity contribution in [3.63, 3.8) is 0 Å². The summed E-state index contributed by atoms with van der Waals surface area (Å²) < 4.78 is 5.97. The number of carbonyl (C=O) groups is 2. The molecule has 0 aliphatic heterocycles. The summed E-state index contributed by atoms with van der Waals surface area (Å²) in [4.78, 5) is 23.8. The van der Waals surface area contributed by atoms with Gasteiger partial charge in [-0.1, -0.05) is 35.8 Å². The fourth-order valence-corrected chi connectivity index (χ4v) is 2.16. The molecule has 1 aromatic carbocycles. The number of amides is 1. The Morgan fingerprint density at radius 1 is 1.29 bits per heavy atom. The molecule has 0 radical (unpaired) electrons. The van der Waals surface area contributed by atoms with Crippen LogP contribution in [0.4, 0.5) is 0 Å². The second-order valence-corrected chi connectivity index (χ2v) is 6.32. The van der Waals surface area contributed by atoms with Crippen molar-refractivity contribution in [1.29, 1.82) is 0 Å². The minimum Gasteiger partial charge on any atom is -0.464 e. The van der Waals surface area contributed by atoms with E-state index in [-0.39, 0.29) is 5.91 Å². The Balaban J connectivity index is 2.39. The second-order valence-electron chi connectivity index (χ2n) is 5.41. The zero-order valence-corrected chi connectivity index (χ0v) is 14.3. The van der Waals surface area contributed by atoms with E-state index in [0.717, 1.165) is 17.3 Å². The zero-order valence-electron chi connectivity index (χ0n) is 12.7. The van der Waals surface area contributed by atoms with Gasteiger partial charge in [0.05, 0.1) is 6.61 Å². The highest BCUT2D eigenvalue weighted by Crippen LogP contribution is 2.11. The largest absolute Gasteiger partial charge is 0.464 e. The molecule has 0 saturated carbocycles. The van der Waals surface area contributed by atoms with E-state index in [9.17, 15) is 9.59 Å². The number of benzene rings is 1. The van der Waals surface area contributed by atoms with Gasteiger partial charge >= 0.3 is 5.97 Å². The third kappa shape index (κ3) is 6.76.